The smallest absolute Gasteiger partial charge is 0.269 e. The van der Waals surface area contributed by atoms with E-state index in [1.165, 1.54) is 12.1 Å². The number of hydrogen-bond donors (Lipinski definition) is 2. The Hall–Kier alpha value is -1.17. The Balaban J connectivity index is 0.00000169. The van der Waals surface area contributed by atoms with Gasteiger partial charge in [-0.25, -0.2) is 0 Å². The summed E-state index contributed by atoms with van der Waals surface area (Å²) in [6, 6.07) is 6.45. The van der Waals surface area contributed by atoms with E-state index in [1.807, 2.05) is 0 Å². The Kier molecular flexibility index (Phi) is 5.78. The molecule has 0 saturated heterocycles. The van der Waals surface area contributed by atoms with Crippen molar-refractivity contribution in [1.82, 2.24) is 5.43 Å². The Bertz CT molecular complexity index is 289. The van der Waals surface area contributed by atoms with Gasteiger partial charge in [0, 0.05) is 18.7 Å². The van der Waals surface area contributed by atoms with Gasteiger partial charge in [-0.1, -0.05) is 12.1 Å². The maximum atomic E-state index is 10.3. The highest BCUT2D eigenvalue weighted by atomic mass is 35.5. The van der Waals surface area contributed by atoms with E-state index in [1.54, 1.807) is 12.1 Å². The van der Waals surface area contributed by atoms with Crippen LogP contribution in [-0.2, 0) is 6.42 Å². The number of nitro benzene ring substituents is 1. The summed E-state index contributed by atoms with van der Waals surface area (Å²) in [7, 11) is 0. The van der Waals surface area contributed by atoms with Crippen molar-refractivity contribution in [3.63, 3.8) is 0 Å². The molecule has 0 aromatic heterocycles. The van der Waals surface area contributed by atoms with Gasteiger partial charge >= 0.3 is 0 Å². The first kappa shape index (κ1) is 12.8. The van der Waals surface area contributed by atoms with Gasteiger partial charge in [0.25, 0.3) is 5.69 Å². The number of halogens is 1. The number of non-ortho nitro benzene ring substituents is 1. The second-order valence-corrected chi connectivity index (χ2v) is 2.63. The molecule has 0 heterocycles. The molecule has 0 fully saturated rings. The Morgan fingerprint density at radius 3 is 2.36 bits per heavy atom. The maximum absolute atomic E-state index is 10.3. The van der Waals surface area contributed by atoms with Crippen LogP contribution in [-0.4, -0.2) is 11.5 Å². The molecule has 0 bridgehead atoms. The van der Waals surface area contributed by atoms with Crippen molar-refractivity contribution < 1.29 is 4.92 Å². The van der Waals surface area contributed by atoms with Crippen molar-refractivity contribution in [3.05, 3.63) is 39.9 Å². The second kappa shape index (κ2) is 6.31. The molecular weight excluding hydrogens is 206 g/mol. The van der Waals surface area contributed by atoms with Crippen LogP contribution in [0.3, 0.4) is 0 Å². The maximum Gasteiger partial charge on any atom is 0.269 e. The highest BCUT2D eigenvalue weighted by molar-refractivity contribution is 5.85. The quantitative estimate of drug-likeness (QED) is 0.448. The molecule has 6 heteroatoms. The van der Waals surface area contributed by atoms with E-state index >= 15 is 0 Å². The highest BCUT2D eigenvalue weighted by Crippen LogP contribution is 2.11. The Morgan fingerprint density at radius 2 is 1.93 bits per heavy atom. The van der Waals surface area contributed by atoms with Crippen LogP contribution < -0.4 is 11.3 Å². The number of hydrogen-bond acceptors (Lipinski definition) is 4. The molecule has 0 amide bonds. The SMILES string of the molecule is Cl.NNCCc1ccc([N+](=O)[O-])cc1. The normalized spacial score (nSPS) is 9.21. The number of nitrogens with two attached hydrogens (primary N) is 1. The third-order valence-electron chi connectivity index (χ3n) is 1.71. The van der Waals surface area contributed by atoms with Crippen LogP contribution >= 0.6 is 12.4 Å². The molecule has 3 N–H and O–H groups in total. The van der Waals surface area contributed by atoms with Gasteiger partial charge < -0.3 is 0 Å². The molecule has 0 aliphatic heterocycles. The molecule has 1 aromatic carbocycles. The summed E-state index contributed by atoms with van der Waals surface area (Å²) >= 11 is 0. The lowest BCUT2D eigenvalue weighted by Gasteiger charge is -1.99. The first-order valence-electron chi connectivity index (χ1n) is 3.91. The first-order valence-corrected chi connectivity index (χ1v) is 3.91. The minimum absolute atomic E-state index is 0. The standard InChI is InChI=1S/C8H11N3O2.ClH/c9-10-6-5-7-1-3-8(4-2-7)11(12)13;/h1-4,10H,5-6,9H2;1H. The van der Waals surface area contributed by atoms with Crippen molar-refractivity contribution in [3.8, 4) is 0 Å². The molecule has 0 radical (unpaired) electrons. The summed E-state index contributed by atoms with van der Waals surface area (Å²) in [5.74, 6) is 5.10. The van der Waals surface area contributed by atoms with E-state index in [9.17, 15) is 10.1 Å². The topological polar surface area (TPSA) is 81.2 Å². The molecule has 0 aliphatic carbocycles. The number of nitro groups is 1. The summed E-state index contributed by atoms with van der Waals surface area (Å²) in [5.41, 5.74) is 3.67. The van der Waals surface area contributed by atoms with E-state index in [0.29, 0.717) is 6.54 Å². The van der Waals surface area contributed by atoms with E-state index in [-0.39, 0.29) is 18.1 Å². The van der Waals surface area contributed by atoms with Crippen LogP contribution in [0.1, 0.15) is 5.56 Å². The molecule has 0 saturated carbocycles. The first-order chi connectivity index (χ1) is 6.24. The number of benzene rings is 1. The van der Waals surface area contributed by atoms with Gasteiger partial charge in [0.1, 0.15) is 0 Å². The molecule has 0 spiro atoms. The second-order valence-electron chi connectivity index (χ2n) is 2.63. The van der Waals surface area contributed by atoms with Crippen LogP contribution in [0.25, 0.3) is 0 Å². The lowest BCUT2D eigenvalue weighted by atomic mass is 10.1. The van der Waals surface area contributed by atoms with Gasteiger partial charge in [0.2, 0.25) is 0 Å². The minimum Gasteiger partial charge on any atom is -0.271 e. The van der Waals surface area contributed by atoms with Crippen LogP contribution in [0, 0.1) is 10.1 Å². The summed E-state index contributed by atoms with van der Waals surface area (Å²) in [4.78, 5) is 9.89. The van der Waals surface area contributed by atoms with Crippen LogP contribution in [0.2, 0.25) is 0 Å². The zero-order valence-corrected chi connectivity index (χ0v) is 8.29. The van der Waals surface area contributed by atoms with Crippen molar-refractivity contribution in [1.29, 1.82) is 0 Å². The lowest BCUT2D eigenvalue weighted by Crippen LogP contribution is -2.24. The summed E-state index contributed by atoms with van der Waals surface area (Å²) in [6.45, 7) is 0.664. The average Bonchev–Trinajstić information content (AvgIpc) is 2.15. The van der Waals surface area contributed by atoms with Crippen molar-refractivity contribution in [2.24, 2.45) is 5.84 Å². The van der Waals surface area contributed by atoms with E-state index in [2.05, 4.69) is 5.43 Å². The van der Waals surface area contributed by atoms with E-state index in [4.69, 9.17) is 5.84 Å². The summed E-state index contributed by atoms with van der Waals surface area (Å²) < 4.78 is 0. The highest BCUT2D eigenvalue weighted by Gasteiger charge is 2.02. The van der Waals surface area contributed by atoms with Gasteiger partial charge in [-0.05, 0) is 12.0 Å². The van der Waals surface area contributed by atoms with Gasteiger partial charge in [-0.15, -0.1) is 12.4 Å². The third kappa shape index (κ3) is 3.69. The van der Waals surface area contributed by atoms with E-state index in [0.717, 1.165) is 12.0 Å². The average molecular weight is 218 g/mol. The van der Waals surface area contributed by atoms with Crippen molar-refractivity contribution in [2.45, 2.75) is 6.42 Å². The van der Waals surface area contributed by atoms with Crippen LogP contribution in [0.5, 0.6) is 0 Å². The number of nitrogens with one attached hydrogen (secondary N) is 1. The molecule has 0 unspecified atom stereocenters. The lowest BCUT2D eigenvalue weighted by molar-refractivity contribution is -0.384. The summed E-state index contributed by atoms with van der Waals surface area (Å²) in [5, 5.41) is 10.3. The third-order valence-corrected chi connectivity index (χ3v) is 1.71. The van der Waals surface area contributed by atoms with Crippen molar-refractivity contribution in [2.75, 3.05) is 6.54 Å². The largest absolute Gasteiger partial charge is 0.271 e. The predicted molar refractivity (Wildman–Crippen MR) is 56.2 cm³/mol. The van der Waals surface area contributed by atoms with Crippen LogP contribution in [0.15, 0.2) is 24.3 Å². The van der Waals surface area contributed by atoms with Gasteiger partial charge in [0.05, 0.1) is 4.92 Å². The van der Waals surface area contributed by atoms with Gasteiger partial charge in [-0.2, -0.15) is 0 Å². The molecule has 0 aliphatic rings. The monoisotopic (exact) mass is 217 g/mol. The Labute approximate surface area is 87.8 Å². The fraction of sp³-hybridized carbons (Fsp3) is 0.250. The molecule has 0 atom stereocenters. The Morgan fingerprint density at radius 1 is 1.36 bits per heavy atom. The fourth-order valence-corrected chi connectivity index (χ4v) is 1.00. The zero-order chi connectivity index (χ0) is 9.68. The molecule has 14 heavy (non-hydrogen) atoms. The molecule has 1 rings (SSSR count). The van der Waals surface area contributed by atoms with Gasteiger partial charge in [-0.3, -0.25) is 21.4 Å². The van der Waals surface area contributed by atoms with Crippen molar-refractivity contribution >= 4 is 18.1 Å². The molecule has 5 nitrogen and oxygen atoms in total. The van der Waals surface area contributed by atoms with Crippen LogP contribution in [0.4, 0.5) is 5.69 Å². The number of nitrogens with zero attached hydrogens (tertiary/aromatic N) is 1. The fourth-order valence-electron chi connectivity index (χ4n) is 1.00. The minimum atomic E-state index is -0.412. The molecular formula is C8H12ClN3O2. The number of hydrazine groups is 1. The summed E-state index contributed by atoms with van der Waals surface area (Å²) in [6.07, 6.45) is 0.772. The molecule has 78 valence electrons. The van der Waals surface area contributed by atoms with Gasteiger partial charge in [0.15, 0.2) is 0 Å². The number of rotatable bonds is 4. The van der Waals surface area contributed by atoms with E-state index < -0.39 is 4.92 Å². The predicted octanol–water partition coefficient (Wildman–Crippen LogP) is 1.02. The molecule has 1 aromatic rings. The zero-order valence-electron chi connectivity index (χ0n) is 7.47.